The lowest BCUT2D eigenvalue weighted by Crippen LogP contribution is -2.42. The monoisotopic (exact) mass is 403 g/mol. The Morgan fingerprint density at radius 3 is 1.83 bits per heavy atom. The molecule has 0 aliphatic rings. The molecule has 3 rings (SSSR count). The summed E-state index contributed by atoms with van der Waals surface area (Å²) in [4.78, 5) is 15.6. The van der Waals surface area contributed by atoms with Crippen LogP contribution in [0.5, 0.6) is 0 Å². The first-order valence-electron chi connectivity index (χ1n) is 10.3. The molecule has 156 valence electrons. The number of benzene rings is 3. The molecule has 0 atom stereocenters. The molecule has 0 aromatic heterocycles. The van der Waals surface area contributed by atoms with Crippen molar-refractivity contribution < 1.29 is 14.3 Å². The molecular formula is C26H29NO3. The van der Waals surface area contributed by atoms with Crippen LogP contribution >= 0.6 is 0 Å². The molecule has 4 heteroatoms. The first kappa shape index (κ1) is 21.8. The predicted molar refractivity (Wildman–Crippen MR) is 119 cm³/mol. The molecule has 4 nitrogen and oxygen atoms in total. The summed E-state index contributed by atoms with van der Waals surface area (Å²) in [7, 11) is 2.02. The van der Waals surface area contributed by atoms with Crippen molar-refractivity contribution in [2.45, 2.75) is 19.1 Å². The van der Waals surface area contributed by atoms with Gasteiger partial charge in [-0.05, 0) is 30.7 Å². The van der Waals surface area contributed by atoms with Crippen LogP contribution in [0.15, 0.2) is 91.0 Å². The van der Waals surface area contributed by atoms with Crippen molar-refractivity contribution in [3.05, 3.63) is 108 Å². The van der Waals surface area contributed by atoms with Gasteiger partial charge in [0.2, 0.25) is 5.60 Å². The maximum absolute atomic E-state index is 13.4. The Labute approximate surface area is 179 Å². The summed E-state index contributed by atoms with van der Waals surface area (Å²) in [5, 5.41) is 0. The average Bonchev–Trinajstić information content (AvgIpc) is 2.79. The third kappa shape index (κ3) is 5.15. The minimum absolute atomic E-state index is 0.288. The second-order valence-corrected chi connectivity index (χ2v) is 7.21. The Morgan fingerprint density at radius 1 is 0.833 bits per heavy atom. The third-order valence-electron chi connectivity index (χ3n) is 5.01. The Morgan fingerprint density at radius 2 is 1.33 bits per heavy atom. The van der Waals surface area contributed by atoms with Gasteiger partial charge in [-0.15, -0.1) is 0 Å². The Kier molecular flexibility index (Phi) is 7.77. The summed E-state index contributed by atoms with van der Waals surface area (Å²) in [6.45, 7) is 3.99. The summed E-state index contributed by atoms with van der Waals surface area (Å²) >= 11 is 0. The van der Waals surface area contributed by atoms with Crippen molar-refractivity contribution in [1.29, 1.82) is 0 Å². The number of carbonyl (C=O) groups is 1. The SMILES string of the molecule is CCOC(C(=O)OCCN(C)Cc1ccccc1)(c1ccccc1)c1ccccc1. The van der Waals surface area contributed by atoms with Crippen LogP contribution in [0.25, 0.3) is 0 Å². The van der Waals surface area contributed by atoms with E-state index in [1.165, 1.54) is 5.56 Å². The van der Waals surface area contributed by atoms with Gasteiger partial charge in [0, 0.05) is 19.7 Å². The van der Waals surface area contributed by atoms with Crippen LogP contribution in [0.4, 0.5) is 0 Å². The van der Waals surface area contributed by atoms with E-state index >= 15 is 0 Å². The quantitative estimate of drug-likeness (QED) is 0.462. The predicted octanol–water partition coefficient (Wildman–Crippen LogP) is 4.64. The molecule has 3 aromatic carbocycles. The molecule has 0 spiro atoms. The molecule has 0 saturated heterocycles. The molecule has 0 aliphatic heterocycles. The standard InChI is InChI=1S/C26H29NO3/c1-3-30-26(23-15-9-5-10-16-23,24-17-11-6-12-18-24)25(28)29-20-19-27(2)21-22-13-7-4-8-14-22/h4-18H,3,19-21H2,1-2H3. The second kappa shape index (κ2) is 10.7. The number of likely N-dealkylation sites (N-methyl/N-ethyl adjacent to an activating group) is 1. The topological polar surface area (TPSA) is 38.8 Å². The molecule has 0 amide bonds. The lowest BCUT2D eigenvalue weighted by atomic mass is 9.86. The van der Waals surface area contributed by atoms with Crippen LogP contribution in [-0.4, -0.2) is 37.7 Å². The van der Waals surface area contributed by atoms with Crippen LogP contribution in [0.3, 0.4) is 0 Å². The van der Waals surface area contributed by atoms with Crippen LogP contribution in [-0.2, 0) is 26.4 Å². The fourth-order valence-electron chi connectivity index (χ4n) is 3.56. The summed E-state index contributed by atoms with van der Waals surface area (Å²) in [6.07, 6.45) is 0. The van der Waals surface area contributed by atoms with E-state index in [1.54, 1.807) is 0 Å². The Bertz CT molecular complexity index is 858. The summed E-state index contributed by atoms with van der Waals surface area (Å²) < 4.78 is 11.9. The molecule has 3 aromatic rings. The van der Waals surface area contributed by atoms with Gasteiger partial charge in [-0.1, -0.05) is 91.0 Å². The average molecular weight is 404 g/mol. The molecule has 0 unspecified atom stereocenters. The first-order valence-corrected chi connectivity index (χ1v) is 10.3. The van der Waals surface area contributed by atoms with Gasteiger partial charge in [0.25, 0.3) is 0 Å². The van der Waals surface area contributed by atoms with E-state index in [0.717, 1.165) is 17.7 Å². The highest BCUT2D eigenvalue weighted by Gasteiger charge is 2.44. The van der Waals surface area contributed by atoms with Crippen LogP contribution in [0, 0.1) is 0 Å². The number of carbonyl (C=O) groups excluding carboxylic acids is 1. The molecule has 0 N–H and O–H groups in total. The first-order chi connectivity index (χ1) is 14.7. The normalized spacial score (nSPS) is 11.4. The minimum Gasteiger partial charge on any atom is -0.462 e. The van der Waals surface area contributed by atoms with Crippen molar-refractivity contribution in [2.75, 3.05) is 26.8 Å². The maximum atomic E-state index is 13.4. The van der Waals surface area contributed by atoms with Gasteiger partial charge >= 0.3 is 5.97 Å². The van der Waals surface area contributed by atoms with Crippen molar-refractivity contribution in [3.63, 3.8) is 0 Å². The van der Waals surface area contributed by atoms with E-state index in [0.29, 0.717) is 13.2 Å². The van der Waals surface area contributed by atoms with E-state index in [-0.39, 0.29) is 6.61 Å². The zero-order valence-electron chi connectivity index (χ0n) is 17.7. The van der Waals surface area contributed by atoms with Gasteiger partial charge in [0.15, 0.2) is 0 Å². The molecule has 0 bridgehead atoms. The largest absolute Gasteiger partial charge is 0.462 e. The minimum atomic E-state index is -1.28. The molecule has 0 saturated carbocycles. The highest BCUT2D eigenvalue weighted by molar-refractivity contribution is 5.85. The lowest BCUT2D eigenvalue weighted by molar-refractivity contribution is -0.168. The number of esters is 1. The number of hydrogen-bond acceptors (Lipinski definition) is 4. The summed E-state index contributed by atoms with van der Waals surface area (Å²) in [5.41, 5.74) is 1.47. The van der Waals surface area contributed by atoms with Crippen LogP contribution in [0.1, 0.15) is 23.6 Å². The van der Waals surface area contributed by atoms with Gasteiger partial charge in [-0.3, -0.25) is 4.90 Å². The van der Waals surface area contributed by atoms with E-state index < -0.39 is 11.6 Å². The zero-order chi connectivity index (χ0) is 21.2. The van der Waals surface area contributed by atoms with Gasteiger partial charge in [0.05, 0.1) is 0 Å². The maximum Gasteiger partial charge on any atom is 0.347 e. The van der Waals surface area contributed by atoms with Crippen molar-refractivity contribution in [3.8, 4) is 0 Å². The Hall–Kier alpha value is -2.95. The fraction of sp³-hybridized carbons (Fsp3) is 0.269. The number of hydrogen-bond donors (Lipinski definition) is 0. The van der Waals surface area contributed by atoms with Gasteiger partial charge in [-0.25, -0.2) is 4.79 Å². The Balaban J connectivity index is 1.75. The van der Waals surface area contributed by atoms with Crippen molar-refractivity contribution in [1.82, 2.24) is 4.90 Å². The summed E-state index contributed by atoms with van der Waals surface area (Å²) in [5.74, 6) is -0.394. The smallest absolute Gasteiger partial charge is 0.347 e. The van der Waals surface area contributed by atoms with Gasteiger partial charge in [0.1, 0.15) is 6.61 Å². The number of ether oxygens (including phenoxy) is 2. The van der Waals surface area contributed by atoms with E-state index in [9.17, 15) is 4.79 Å². The molecule has 0 fully saturated rings. The second-order valence-electron chi connectivity index (χ2n) is 7.21. The van der Waals surface area contributed by atoms with E-state index in [1.807, 2.05) is 92.8 Å². The highest BCUT2D eigenvalue weighted by Crippen LogP contribution is 2.35. The highest BCUT2D eigenvalue weighted by atomic mass is 16.6. The molecular weight excluding hydrogens is 374 g/mol. The lowest BCUT2D eigenvalue weighted by Gasteiger charge is -2.32. The van der Waals surface area contributed by atoms with Gasteiger partial charge in [-0.2, -0.15) is 0 Å². The fourth-order valence-corrected chi connectivity index (χ4v) is 3.56. The van der Waals surface area contributed by atoms with Crippen molar-refractivity contribution in [2.24, 2.45) is 0 Å². The zero-order valence-corrected chi connectivity index (χ0v) is 17.7. The molecule has 30 heavy (non-hydrogen) atoms. The number of rotatable bonds is 10. The molecule has 0 heterocycles. The van der Waals surface area contributed by atoms with Crippen LogP contribution < -0.4 is 0 Å². The van der Waals surface area contributed by atoms with Crippen molar-refractivity contribution >= 4 is 5.97 Å². The van der Waals surface area contributed by atoms with Crippen LogP contribution in [0.2, 0.25) is 0 Å². The van der Waals surface area contributed by atoms with E-state index in [2.05, 4.69) is 17.0 Å². The summed E-state index contributed by atoms with van der Waals surface area (Å²) in [6, 6.07) is 29.4. The number of nitrogens with zero attached hydrogens (tertiary/aromatic N) is 1. The molecule has 0 radical (unpaired) electrons. The molecule has 0 aliphatic carbocycles. The van der Waals surface area contributed by atoms with Gasteiger partial charge < -0.3 is 9.47 Å². The third-order valence-corrected chi connectivity index (χ3v) is 5.01. The van der Waals surface area contributed by atoms with E-state index in [4.69, 9.17) is 9.47 Å².